The van der Waals surface area contributed by atoms with Crippen LogP contribution in [0.1, 0.15) is 24.8 Å². The zero-order valence-electron chi connectivity index (χ0n) is 13.2. The van der Waals surface area contributed by atoms with Crippen molar-refractivity contribution >= 4 is 17.4 Å². The van der Waals surface area contributed by atoms with Crippen LogP contribution in [0.3, 0.4) is 0 Å². The van der Waals surface area contributed by atoms with Crippen LogP contribution in [0.4, 0.5) is 16.2 Å². The first-order valence-electron chi connectivity index (χ1n) is 8.11. The quantitative estimate of drug-likeness (QED) is 0.910. The summed E-state index contributed by atoms with van der Waals surface area (Å²) in [6, 6.07) is 11.6. The van der Waals surface area contributed by atoms with Gasteiger partial charge in [-0.25, -0.2) is 4.79 Å². The second-order valence-electron chi connectivity index (χ2n) is 5.73. The van der Waals surface area contributed by atoms with Gasteiger partial charge < -0.3 is 15.5 Å². The molecule has 2 heterocycles. The fraction of sp³-hybridized carbons (Fsp3) is 0.333. The topological polar surface area (TPSA) is 57.3 Å². The van der Waals surface area contributed by atoms with Gasteiger partial charge in [0.1, 0.15) is 0 Å². The summed E-state index contributed by atoms with van der Waals surface area (Å²) >= 11 is 0. The molecule has 0 atom stereocenters. The number of urea groups is 1. The van der Waals surface area contributed by atoms with Gasteiger partial charge in [-0.3, -0.25) is 4.98 Å². The molecule has 0 radical (unpaired) electrons. The molecule has 1 aromatic carbocycles. The fourth-order valence-corrected chi connectivity index (χ4v) is 2.84. The predicted molar refractivity (Wildman–Crippen MR) is 92.6 cm³/mol. The third kappa shape index (κ3) is 4.22. The van der Waals surface area contributed by atoms with E-state index in [1.807, 2.05) is 30.3 Å². The molecule has 0 spiro atoms. The van der Waals surface area contributed by atoms with Gasteiger partial charge in [0.15, 0.2) is 0 Å². The lowest BCUT2D eigenvalue weighted by atomic mass is 10.1. The predicted octanol–water partition coefficient (Wildman–Crippen LogP) is 3.39. The molecule has 0 unspecified atom stereocenters. The van der Waals surface area contributed by atoms with Crippen molar-refractivity contribution in [2.45, 2.75) is 25.8 Å². The van der Waals surface area contributed by atoms with E-state index >= 15 is 0 Å². The van der Waals surface area contributed by atoms with Crippen LogP contribution in [0.2, 0.25) is 0 Å². The number of nitrogens with one attached hydrogen (secondary N) is 2. The number of pyridine rings is 1. The van der Waals surface area contributed by atoms with Crippen LogP contribution in [-0.2, 0) is 6.54 Å². The number of anilines is 2. The molecule has 1 saturated heterocycles. The Bertz CT molecular complexity index is 638. The largest absolute Gasteiger partial charge is 0.370 e. The molecule has 2 aromatic rings. The molecular formula is C18H22N4O. The third-order valence-electron chi connectivity index (χ3n) is 4.02. The average molecular weight is 310 g/mol. The van der Waals surface area contributed by atoms with Crippen molar-refractivity contribution in [2.75, 3.05) is 23.3 Å². The zero-order valence-corrected chi connectivity index (χ0v) is 13.2. The lowest BCUT2D eigenvalue weighted by molar-refractivity contribution is 0.251. The summed E-state index contributed by atoms with van der Waals surface area (Å²) in [4.78, 5) is 18.6. The monoisotopic (exact) mass is 310 g/mol. The van der Waals surface area contributed by atoms with Gasteiger partial charge in [0, 0.05) is 32.0 Å². The Hall–Kier alpha value is -2.56. The summed E-state index contributed by atoms with van der Waals surface area (Å²) in [5.74, 6) is 0. The van der Waals surface area contributed by atoms with E-state index in [-0.39, 0.29) is 6.03 Å². The Kier molecular flexibility index (Phi) is 5.09. The van der Waals surface area contributed by atoms with Crippen LogP contribution in [0.15, 0.2) is 48.8 Å². The molecule has 3 rings (SSSR count). The van der Waals surface area contributed by atoms with Gasteiger partial charge in [-0.1, -0.05) is 18.2 Å². The second kappa shape index (κ2) is 7.63. The molecule has 1 fully saturated rings. The highest BCUT2D eigenvalue weighted by Gasteiger charge is 2.15. The maximum Gasteiger partial charge on any atom is 0.319 e. The van der Waals surface area contributed by atoms with E-state index in [9.17, 15) is 4.79 Å². The van der Waals surface area contributed by atoms with Crippen molar-refractivity contribution in [2.24, 2.45) is 0 Å². The van der Waals surface area contributed by atoms with Crippen LogP contribution in [-0.4, -0.2) is 24.1 Å². The zero-order chi connectivity index (χ0) is 15.9. The molecule has 5 heteroatoms. The highest BCUT2D eigenvalue weighted by Crippen LogP contribution is 2.28. The fourth-order valence-electron chi connectivity index (χ4n) is 2.84. The highest BCUT2D eigenvalue weighted by molar-refractivity contribution is 5.93. The number of para-hydroxylation sites is 2. The van der Waals surface area contributed by atoms with Crippen LogP contribution in [0.5, 0.6) is 0 Å². The Morgan fingerprint density at radius 1 is 1.09 bits per heavy atom. The minimum atomic E-state index is -0.196. The molecule has 2 N–H and O–H groups in total. The van der Waals surface area contributed by atoms with Gasteiger partial charge in [0.25, 0.3) is 0 Å². The number of carbonyl (C=O) groups excluding carboxylic acids is 1. The number of hydrogen-bond donors (Lipinski definition) is 2. The molecular weight excluding hydrogens is 288 g/mol. The van der Waals surface area contributed by atoms with Gasteiger partial charge in [-0.2, -0.15) is 0 Å². The Labute approximate surface area is 136 Å². The van der Waals surface area contributed by atoms with Crippen molar-refractivity contribution in [1.29, 1.82) is 0 Å². The van der Waals surface area contributed by atoms with Crippen molar-refractivity contribution < 1.29 is 4.79 Å². The Morgan fingerprint density at radius 2 is 1.91 bits per heavy atom. The minimum Gasteiger partial charge on any atom is -0.370 e. The maximum absolute atomic E-state index is 12.2. The maximum atomic E-state index is 12.2. The molecule has 23 heavy (non-hydrogen) atoms. The lowest BCUT2D eigenvalue weighted by Gasteiger charge is -2.30. The van der Waals surface area contributed by atoms with Gasteiger partial charge in [-0.05, 0) is 43.0 Å². The standard InChI is InChI=1S/C18H22N4O/c23-18(20-14-15-7-6-10-19-13-15)21-16-8-2-3-9-17(16)22-11-4-1-5-12-22/h2-3,6-10,13H,1,4-5,11-12,14H2,(H2,20,21,23). The van der Waals surface area contributed by atoms with Crippen LogP contribution < -0.4 is 15.5 Å². The number of piperidine rings is 1. The SMILES string of the molecule is O=C(NCc1cccnc1)Nc1ccccc1N1CCCCC1. The van der Waals surface area contributed by atoms with E-state index in [4.69, 9.17) is 0 Å². The number of benzene rings is 1. The van der Waals surface area contributed by atoms with E-state index in [1.54, 1.807) is 12.4 Å². The second-order valence-corrected chi connectivity index (χ2v) is 5.73. The molecule has 0 saturated carbocycles. The summed E-state index contributed by atoms with van der Waals surface area (Å²) in [5, 5.41) is 5.83. The van der Waals surface area contributed by atoms with Crippen LogP contribution in [0.25, 0.3) is 0 Å². The van der Waals surface area contributed by atoms with Crippen molar-refractivity contribution in [3.63, 3.8) is 0 Å². The van der Waals surface area contributed by atoms with Crippen molar-refractivity contribution in [3.05, 3.63) is 54.4 Å². The summed E-state index contributed by atoms with van der Waals surface area (Å²) in [7, 11) is 0. The number of nitrogens with zero attached hydrogens (tertiary/aromatic N) is 2. The van der Waals surface area contributed by atoms with E-state index in [2.05, 4.69) is 26.6 Å². The average Bonchev–Trinajstić information content (AvgIpc) is 2.62. The molecule has 120 valence electrons. The number of amides is 2. The molecule has 1 aliphatic rings. The van der Waals surface area contributed by atoms with E-state index < -0.39 is 0 Å². The number of hydrogen-bond acceptors (Lipinski definition) is 3. The lowest BCUT2D eigenvalue weighted by Crippen LogP contribution is -2.32. The summed E-state index contributed by atoms with van der Waals surface area (Å²) in [6.45, 7) is 2.57. The highest BCUT2D eigenvalue weighted by atomic mass is 16.2. The minimum absolute atomic E-state index is 0.196. The Balaban J connectivity index is 1.62. The smallest absolute Gasteiger partial charge is 0.319 e. The first-order valence-corrected chi connectivity index (χ1v) is 8.11. The van der Waals surface area contributed by atoms with Crippen LogP contribution >= 0.6 is 0 Å². The third-order valence-corrected chi connectivity index (χ3v) is 4.02. The molecule has 1 aliphatic heterocycles. The number of carbonyl (C=O) groups is 1. The molecule has 1 aromatic heterocycles. The van der Waals surface area contributed by atoms with Crippen LogP contribution in [0, 0.1) is 0 Å². The Morgan fingerprint density at radius 3 is 2.70 bits per heavy atom. The van der Waals surface area contributed by atoms with E-state index in [1.165, 1.54) is 19.3 Å². The first kappa shape index (κ1) is 15.3. The molecule has 5 nitrogen and oxygen atoms in total. The molecule has 0 aliphatic carbocycles. The van der Waals surface area contributed by atoms with Gasteiger partial charge >= 0.3 is 6.03 Å². The first-order chi connectivity index (χ1) is 11.3. The number of rotatable bonds is 4. The van der Waals surface area contributed by atoms with Gasteiger partial charge in [-0.15, -0.1) is 0 Å². The molecule has 2 amide bonds. The normalized spacial score (nSPS) is 14.3. The van der Waals surface area contributed by atoms with E-state index in [0.29, 0.717) is 6.54 Å². The van der Waals surface area contributed by atoms with Gasteiger partial charge in [0.2, 0.25) is 0 Å². The molecule has 0 bridgehead atoms. The van der Waals surface area contributed by atoms with E-state index in [0.717, 1.165) is 30.0 Å². The van der Waals surface area contributed by atoms with Crippen molar-refractivity contribution in [1.82, 2.24) is 10.3 Å². The number of aromatic nitrogens is 1. The summed E-state index contributed by atoms with van der Waals surface area (Å²) < 4.78 is 0. The van der Waals surface area contributed by atoms with Crippen molar-refractivity contribution in [3.8, 4) is 0 Å². The summed E-state index contributed by atoms with van der Waals surface area (Å²) in [5.41, 5.74) is 2.94. The van der Waals surface area contributed by atoms with Gasteiger partial charge in [0.05, 0.1) is 11.4 Å². The summed E-state index contributed by atoms with van der Waals surface area (Å²) in [6.07, 6.45) is 7.18.